The number of pyridine rings is 1. The van der Waals surface area contributed by atoms with E-state index in [1.165, 1.54) is 4.40 Å². The minimum absolute atomic E-state index is 0.0116. The zero-order chi connectivity index (χ0) is 13.9. The van der Waals surface area contributed by atoms with E-state index in [1.807, 2.05) is 30.3 Å². The van der Waals surface area contributed by atoms with Crippen molar-refractivity contribution in [3.8, 4) is 0 Å². The van der Waals surface area contributed by atoms with Crippen molar-refractivity contribution in [2.45, 2.75) is 0 Å². The maximum atomic E-state index is 12.2. The third-order valence-electron chi connectivity index (χ3n) is 2.92. The van der Waals surface area contributed by atoms with Gasteiger partial charge in [-0.2, -0.15) is 0 Å². The van der Waals surface area contributed by atoms with Crippen LogP contribution in [-0.4, -0.2) is 15.7 Å². The molecule has 20 heavy (non-hydrogen) atoms. The molecule has 0 saturated heterocycles. The van der Waals surface area contributed by atoms with Crippen LogP contribution in [0.4, 0.5) is 11.5 Å². The van der Waals surface area contributed by atoms with Gasteiger partial charge in [0, 0.05) is 11.9 Å². The molecule has 0 aliphatic carbocycles. The summed E-state index contributed by atoms with van der Waals surface area (Å²) in [5.41, 5.74) is 0.880. The van der Waals surface area contributed by atoms with Crippen LogP contribution in [0.2, 0.25) is 0 Å². The molecular formula is C15H11N3O2. The first-order valence-electron chi connectivity index (χ1n) is 6.08. The van der Waals surface area contributed by atoms with Crippen molar-refractivity contribution in [1.82, 2.24) is 9.38 Å². The van der Waals surface area contributed by atoms with Crippen molar-refractivity contribution in [2.75, 3.05) is 5.32 Å². The van der Waals surface area contributed by atoms with Gasteiger partial charge in [0.25, 0.3) is 5.56 Å². The van der Waals surface area contributed by atoms with Crippen LogP contribution in [0.5, 0.6) is 0 Å². The summed E-state index contributed by atoms with van der Waals surface area (Å²) < 4.78 is 1.35. The number of benzene rings is 1. The molecule has 0 amide bonds. The lowest BCUT2D eigenvalue weighted by atomic mass is 10.2. The van der Waals surface area contributed by atoms with Gasteiger partial charge in [0.15, 0.2) is 6.29 Å². The fourth-order valence-corrected chi connectivity index (χ4v) is 1.96. The first kappa shape index (κ1) is 12.1. The van der Waals surface area contributed by atoms with Crippen LogP contribution < -0.4 is 10.9 Å². The van der Waals surface area contributed by atoms with Crippen LogP contribution in [0.1, 0.15) is 10.4 Å². The molecule has 0 saturated carbocycles. The topological polar surface area (TPSA) is 63.5 Å². The lowest BCUT2D eigenvalue weighted by Gasteiger charge is -2.09. The molecule has 0 spiro atoms. The van der Waals surface area contributed by atoms with Crippen LogP contribution in [0.15, 0.2) is 59.5 Å². The number of hydrogen-bond acceptors (Lipinski definition) is 4. The second-order valence-electron chi connectivity index (χ2n) is 4.22. The van der Waals surface area contributed by atoms with Crippen molar-refractivity contribution in [3.05, 3.63) is 70.6 Å². The molecule has 1 aromatic carbocycles. The number of anilines is 2. The number of nitrogens with one attached hydrogen (secondary N) is 1. The average molecular weight is 265 g/mol. The molecule has 1 N–H and O–H groups in total. The monoisotopic (exact) mass is 265 g/mol. The first-order chi connectivity index (χ1) is 9.79. The first-order valence-corrected chi connectivity index (χ1v) is 6.08. The molecule has 3 aromatic rings. The Hall–Kier alpha value is -2.95. The fraction of sp³-hybridized carbons (Fsp3) is 0. The highest BCUT2D eigenvalue weighted by atomic mass is 16.1. The summed E-state index contributed by atoms with van der Waals surface area (Å²) >= 11 is 0. The Balaban J connectivity index is 2.19. The molecule has 98 valence electrons. The normalized spacial score (nSPS) is 10.4. The molecule has 0 atom stereocenters. The molecular weight excluding hydrogens is 254 g/mol. The molecule has 0 fully saturated rings. The summed E-state index contributed by atoms with van der Waals surface area (Å²) in [6.07, 6.45) is 2.12. The van der Waals surface area contributed by atoms with E-state index < -0.39 is 0 Å². The summed E-state index contributed by atoms with van der Waals surface area (Å²) in [6.45, 7) is 0. The van der Waals surface area contributed by atoms with Crippen molar-refractivity contribution < 1.29 is 4.79 Å². The van der Waals surface area contributed by atoms with E-state index in [9.17, 15) is 9.59 Å². The summed E-state index contributed by atoms with van der Waals surface area (Å²) in [5.74, 6) is 0.266. The highest BCUT2D eigenvalue weighted by Gasteiger charge is 2.11. The van der Waals surface area contributed by atoms with E-state index in [1.54, 1.807) is 24.4 Å². The number of para-hydroxylation sites is 1. The third-order valence-corrected chi connectivity index (χ3v) is 2.92. The molecule has 0 aliphatic rings. The van der Waals surface area contributed by atoms with Crippen LogP contribution in [0, 0.1) is 0 Å². The fourth-order valence-electron chi connectivity index (χ4n) is 1.96. The van der Waals surface area contributed by atoms with Gasteiger partial charge in [0.05, 0.1) is 0 Å². The Bertz CT molecular complexity index is 825. The quantitative estimate of drug-likeness (QED) is 0.738. The van der Waals surface area contributed by atoms with Crippen molar-refractivity contribution >= 4 is 23.4 Å². The lowest BCUT2D eigenvalue weighted by molar-refractivity contribution is 0.112. The zero-order valence-corrected chi connectivity index (χ0v) is 10.5. The van der Waals surface area contributed by atoms with Gasteiger partial charge in [0.2, 0.25) is 0 Å². The van der Waals surface area contributed by atoms with E-state index in [0.717, 1.165) is 5.69 Å². The molecule has 0 unspecified atom stereocenters. The molecule has 0 aliphatic heterocycles. The molecule has 3 rings (SSSR count). The Morgan fingerprint density at radius 1 is 1.05 bits per heavy atom. The number of hydrogen-bond donors (Lipinski definition) is 1. The van der Waals surface area contributed by atoms with Gasteiger partial charge < -0.3 is 5.32 Å². The Morgan fingerprint density at radius 3 is 2.55 bits per heavy atom. The second-order valence-corrected chi connectivity index (χ2v) is 4.22. The number of aromatic nitrogens is 2. The number of carbonyl (C=O) groups excluding carboxylic acids is 1. The maximum Gasteiger partial charge on any atom is 0.270 e. The smallest absolute Gasteiger partial charge is 0.270 e. The molecule has 2 aromatic heterocycles. The highest BCUT2D eigenvalue weighted by Crippen LogP contribution is 2.16. The van der Waals surface area contributed by atoms with E-state index in [4.69, 9.17) is 0 Å². The van der Waals surface area contributed by atoms with E-state index in [2.05, 4.69) is 10.3 Å². The SMILES string of the molecule is O=Cc1c(Nc2ccccc2)nc2ccccn2c1=O. The minimum atomic E-state index is -0.385. The van der Waals surface area contributed by atoms with E-state index >= 15 is 0 Å². The second kappa shape index (κ2) is 4.97. The zero-order valence-electron chi connectivity index (χ0n) is 10.5. The maximum absolute atomic E-state index is 12.2. The number of rotatable bonds is 3. The molecule has 5 nitrogen and oxygen atoms in total. The number of nitrogens with zero attached hydrogens (tertiary/aromatic N) is 2. The minimum Gasteiger partial charge on any atom is -0.339 e. The van der Waals surface area contributed by atoms with Crippen LogP contribution >= 0.6 is 0 Å². The Labute approximate surface area is 114 Å². The van der Waals surface area contributed by atoms with Crippen LogP contribution in [0.25, 0.3) is 5.65 Å². The lowest BCUT2D eigenvalue weighted by Crippen LogP contribution is -2.21. The highest BCUT2D eigenvalue weighted by molar-refractivity contribution is 5.84. The number of carbonyl (C=O) groups is 1. The third kappa shape index (κ3) is 2.05. The molecule has 0 radical (unpaired) electrons. The predicted molar refractivity (Wildman–Crippen MR) is 76.6 cm³/mol. The van der Waals surface area contributed by atoms with Gasteiger partial charge in [-0.1, -0.05) is 24.3 Å². The molecule has 5 heteroatoms. The van der Waals surface area contributed by atoms with E-state index in [0.29, 0.717) is 11.9 Å². The van der Waals surface area contributed by atoms with Crippen molar-refractivity contribution in [1.29, 1.82) is 0 Å². The van der Waals surface area contributed by atoms with Gasteiger partial charge in [-0.05, 0) is 24.3 Å². The summed E-state index contributed by atoms with van der Waals surface area (Å²) in [4.78, 5) is 27.7. The summed E-state index contributed by atoms with van der Waals surface area (Å²) in [6, 6.07) is 14.5. The van der Waals surface area contributed by atoms with Gasteiger partial charge >= 0.3 is 0 Å². The van der Waals surface area contributed by atoms with Gasteiger partial charge in [-0.25, -0.2) is 4.98 Å². The summed E-state index contributed by atoms with van der Waals surface area (Å²) in [7, 11) is 0. The van der Waals surface area contributed by atoms with Gasteiger partial charge in [0.1, 0.15) is 17.0 Å². The van der Waals surface area contributed by atoms with Crippen molar-refractivity contribution in [2.24, 2.45) is 0 Å². The van der Waals surface area contributed by atoms with Crippen molar-refractivity contribution in [3.63, 3.8) is 0 Å². The summed E-state index contributed by atoms with van der Waals surface area (Å²) in [5, 5.41) is 3.00. The predicted octanol–water partition coefficient (Wildman–Crippen LogP) is 2.25. The molecule has 0 bridgehead atoms. The Morgan fingerprint density at radius 2 is 1.80 bits per heavy atom. The average Bonchev–Trinajstić information content (AvgIpc) is 2.49. The van der Waals surface area contributed by atoms with Gasteiger partial charge in [-0.3, -0.25) is 14.0 Å². The van der Waals surface area contributed by atoms with Gasteiger partial charge in [-0.15, -0.1) is 0 Å². The van der Waals surface area contributed by atoms with E-state index in [-0.39, 0.29) is 16.9 Å². The Kier molecular flexibility index (Phi) is 3.01. The number of fused-ring (bicyclic) bond motifs is 1. The standard InChI is InChI=1S/C15H11N3O2/c19-10-12-14(16-11-6-2-1-3-7-11)17-13-8-4-5-9-18(13)15(12)20/h1-10,16H. The number of aldehydes is 1. The largest absolute Gasteiger partial charge is 0.339 e. The molecule has 2 heterocycles. The van der Waals surface area contributed by atoms with Crippen LogP contribution in [0.3, 0.4) is 0 Å². The van der Waals surface area contributed by atoms with Crippen LogP contribution in [-0.2, 0) is 0 Å².